The third kappa shape index (κ3) is 3.94. The first-order valence-corrected chi connectivity index (χ1v) is 10.3. The lowest BCUT2D eigenvalue weighted by atomic mass is 10.0. The summed E-state index contributed by atoms with van der Waals surface area (Å²) in [5, 5.41) is 5.85. The Kier molecular flexibility index (Phi) is 5.28. The van der Waals surface area contributed by atoms with Crippen LogP contribution in [-0.4, -0.2) is 40.6 Å². The Morgan fingerprint density at radius 3 is 2.46 bits per heavy atom. The van der Waals surface area contributed by atoms with Crippen LogP contribution in [0.2, 0.25) is 0 Å². The van der Waals surface area contributed by atoms with Gasteiger partial charge in [0, 0.05) is 30.3 Å². The average Bonchev–Trinajstić information content (AvgIpc) is 3.03. The number of rotatable bonds is 6. The van der Waals surface area contributed by atoms with Gasteiger partial charge in [0.05, 0.1) is 18.4 Å². The normalized spacial score (nSPS) is 11.4. The van der Waals surface area contributed by atoms with Crippen molar-refractivity contribution in [2.45, 2.75) is 0 Å². The van der Waals surface area contributed by atoms with Crippen LogP contribution in [0.5, 0.6) is 5.75 Å². The molecule has 1 heterocycles. The summed E-state index contributed by atoms with van der Waals surface area (Å²) in [6, 6.07) is 8.74. The molecule has 0 bridgehead atoms. The molecule has 0 aliphatic heterocycles. The number of fused-ring (bicyclic) bond motifs is 1. The lowest BCUT2D eigenvalue weighted by Crippen LogP contribution is -2.18. The van der Waals surface area contributed by atoms with Crippen molar-refractivity contribution in [3.63, 3.8) is 0 Å². The maximum atomic E-state index is 13.3. The summed E-state index contributed by atoms with van der Waals surface area (Å²) in [7, 11) is -0.332. The predicted octanol–water partition coefficient (Wildman–Crippen LogP) is 3.02. The first kappa shape index (κ1) is 19.7. The van der Waals surface area contributed by atoms with Gasteiger partial charge in [0.2, 0.25) is 0 Å². The predicted molar refractivity (Wildman–Crippen MR) is 105 cm³/mol. The minimum Gasteiger partial charge on any atom is -0.495 e. The second-order valence-electron chi connectivity index (χ2n) is 6.19. The van der Waals surface area contributed by atoms with E-state index < -0.39 is 15.7 Å². The van der Waals surface area contributed by atoms with Gasteiger partial charge in [-0.15, -0.1) is 0 Å². The molecule has 28 heavy (non-hydrogen) atoms. The lowest BCUT2D eigenvalue weighted by molar-refractivity contribution is 0.0964. The fourth-order valence-electron chi connectivity index (χ4n) is 2.79. The zero-order valence-corrected chi connectivity index (χ0v) is 16.3. The molecule has 2 aromatic carbocycles. The van der Waals surface area contributed by atoms with Crippen LogP contribution in [0, 0.1) is 5.82 Å². The van der Waals surface area contributed by atoms with Crippen LogP contribution in [0.15, 0.2) is 40.8 Å². The first-order valence-electron chi connectivity index (χ1n) is 8.27. The molecule has 0 saturated carbocycles. The molecule has 1 amide bonds. The summed E-state index contributed by atoms with van der Waals surface area (Å²) in [5.74, 6) is -0.445. The molecule has 3 rings (SSSR count). The van der Waals surface area contributed by atoms with Gasteiger partial charge in [-0.05, 0) is 30.3 Å². The fourth-order valence-corrected chi connectivity index (χ4v) is 3.21. The van der Waals surface area contributed by atoms with Crippen LogP contribution >= 0.6 is 0 Å². The minimum atomic E-state index is -3.26. The number of furan rings is 1. The molecule has 0 aliphatic carbocycles. The summed E-state index contributed by atoms with van der Waals surface area (Å²) in [6.45, 7) is 0. The van der Waals surface area contributed by atoms with E-state index in [-0.39, 0.29) is 23.1 Å². The number of hydrogen-bond acceptors (Lipinski definition) is 6. The van der Waals surface area contributed by atoms with E-state index in [9.17, 15) is 17.6 Å². The van der Waals surface area contributed by atoms with E-state index in [0.29, 0.717) is 28.0 Å². The molecule has 0 unspecified atom stereocenters. The Morgan fingerprint density at radius 2 is 1.89 bits per heavy atom. The number of ether oxygens (including phenoxy) is 1. The highest BCUT2D eigenvalue weighted by molar-refractivity contribution is 7.90. The number of benzene rings is 2. The molecule has 1 aromatic heterocycles. The average molecular weight is 406 g/mol. The Morgan fingerprint density at radius 1 is 1.21 bits per heavy atom. The van der Waals surface area contributed by atoms with E-state index in [1.54, 1.807) is 12.1 Å². The molecular weight excluding hydrogens is 387 g/mol. The standard InChI is InChI=1S/C19H19FN2O5S/c1-21-19(23)17-13-8-16(26-2)14(22-10-28(3,24)25)9-15(13)27-18(17)11-4-6-12(20)7-5-11/h4-9,22H,10H2,1-3H3,(H,21,23). The first-order chi connectivity index (χ1) is 13.2. The molecule has 9 heteroatoms. The van der Waals surface area contributed by atoms with Crippen molar-refractivity contribution in [3.05, 3.63) is 47.8 Å². The number of amides is 1. The molecule has 7 nitrogen and oxygen atoms in total. The summed E-state index contributed by atoms with van der Waals surface area (Å²) in [5.41, 5.74) is 1.57. The van der Waals surface area contributed by atoms with Crippen LogP contribution in [0.25, 0.3) is 22.3 Å². The maximum Gasteiger partial charge on any atom is 0.255 e. The summed E-state index contributed by atoms with van der Waals surface area (Å²) in [4.78, 5) is 12.5. The van der Waals surface area contributed by atoms with Gasteiger partial charge in [0.15, 0.2) is 9.84 Å². The summed E-state index contributed by atoms with van der Waals surface area (Å²) >= 11 is 0. The molecule has 0 atom stereocenters. The van der Waals surface area contributed by atoms with Gasteiger partial charge in [-0.3, -0.25) is 4.79 Å². The third-order valence-electron chi connectivity index (χ3n) is 4.10. The fraction of sp³-hybridized carbons (Fsp3) is 0.211. The SMILES string of the molecule is CNC(=O)c1c(-c2ccc(F)cc2)oc2cc(NCS(C)(=O)=O)c(OC)cc12. The molecule has 2 N–H and O–H groups in total. The molecule has 0 spiro atoms. The minimum absolute atomic E-state index is 0.275. The van der Waals surface area contributed by atoms with Crippen molar-refractivity contribution in [2.24, 2.45) is 0 Å². The monoisotopic (exact) mass is 406 g/mol. The largest absolute Gasteiger partial charge is 0.495 e. The Bertz CT molecular complexity index is 1140. The molecule has 0 aliphatic rings. The maximum absolute atomic E-state index is 13.3. The summed E-state index contributed by atoms with van der Waals surface area (Å²) < 4.78 is 47.4. The van der Waals surface area contributed by atoms with Crippen LogP contribution in [0.4, 0.5) is 10.1 Å². The lowest BCUT2D eigenvalue weighted by Gasteiger charge is -2.10. The zero-order valence-electron chi connectivity index (χ0n) is 15.5. The number of carbonyl (C=O) groups is 1. The van der Waals surface area contributed by atoms with Gasteiger partial charge in [-0.1, -0.05) is 0 Å². The number of nitrogens with one attached hydrogen (secondary N) is 2. The number of hydrogen-bond donors (Lipinski definition) is 2. The van der Waals surface area contributed by atoms with Crippen LogP contribution in [-0.2, 0) is 9.84 Å². The van der Waals surface area contributed by atoms with E-state index in [0.717, 1.165) is 6.26 Å². The van der Waals surface area contributed by atoms with Crippen molar-refractivity contribution in [1.29, 1.82) is 0 Å². The Hall–Kier alpha value is -3.07. The van der Waals surface area contributed by atoms with Gasteiger partial charge in [0.25, 0.3) is 5.91 Å². The van der Waals surface area contributed by atoms with Crippen molar-refractivity contribution in [3.8, 4) is 17.1 Å². The van der Waals surface area contributed by atoms with Crippen molar-refractivity contribution in [1.82, 2.24) is 5.32 Å². The Balaban J connectivity index is 2.21. The zero-order chi connectivity index (χ0) is 20.5. The van der Waals surface area contributed by atoms with Gasteiger partial charge < -0.3 is 19.8 Å². The van der Waals surface area contributed by atoms with Crippen LogP contribution in [0.3, 0.4) is 0 Å². The molecule has 0 radical (unpaired) electrons. The van der Waals surface area contributed by atoms with E-state index in [1.165, 1.54) is 38.4 Å². The van der Waals surface area contributed by atoms with Crippen molar-refractivity contribution in [2.75, 3.05) is 31.6 Å². The second-order valence-corrected chi connectivity index (χ2v) is 8.33. The molecule has 0 saturated heterocycles. The smallest absolute Gasteiger partial charge is 0.255 e. The van der Waals surface area contributed by atoms with Gasteiger partial charge >= 0.3 is 0 Å². The molecular formula is C19H19FN2O5S. The number of methoxy groups -OCH3 is 1. The number of carbonyl (C=O) groups excluding carboxylic acids is 1. The van der Waals surface area contributed by atoms with Crippen molar-refractivity contribution < 1.29 is 26.8 Å². The van der Waals surface area contributed by atoms with Gasteiger partial charge in [-0.2, -0.15) is 0 Å². The van der Waals surface area contributed by atoms with Gasteiger partial charge in [-0.25, -0.2) is 12.8 Å². The number of halogens is 1. The summed E-state index contributed by atoms with van der Waals surface area (Å²) in [6.07, 6.45) is 1.11. The molecule has 0 fully saturated rings. The highest BCUT2D eigenvalue weighted by Gasteiger charge is 2.23. The highest BCUT2D eigenvalue weighted by Crippen LogP contribution is 2.39. The van der Waals surface area contributed by atoms with E-state index >= 15 is 0 Å². The Labute approximate surface area is 161 Å². The van der Waals surface area contributed by atoms with Crippen LogP contribution < -0.4 is 15.4 Å². The van der Waals surface area contributed by atoms with E-state index in [2.05, 4.69) is 10.6 Å². The number of anilines is 1. The highest BCUT2D eigenvalue weighted by atomic mass is 32.2. The van der Waals surface area contributed by atoms with E-state index in [1.807, 2.05) is 0 Å². The number of sulfone groups is 1. The van der Waals surface area contributed by atoms with E-state index in [4.69, 9.17) is 9.15 Å². The third-order valence-corrected chi connectivity index (χ3v) is 4.76. The topological polar surface area (TPSA) is 97.6 Å². The quantitative estimate of drug-likeness (QED) is 0.653. The van der Waals surface area contributed by atoms with Crippen molar-refractivity contribution >= 4 is 32.4 Å². The molecule has 3 aromatic rings. The second kappa shape index (κ2) is 7.51. The van der Waals surface area contributed by atoms with Gasteiger partial charge in [0.1, 0.15) is 28.8 Å². The van der Waals surface area contributed by atoms with Crippen LogP contribution in [0.1, 0.15) is 10.4 Å². The molecule has 148 valence electrons.